The van der Waals surface area contributed by atoms with E-state index in [1.807, 2.05) is 4.90 Å². The van der Waals surface area contributed by atoms with Crippen molar-refractivity contribution >= 4 is 33.2 Å². The van der Waals surface area contributed by atoms with Gasteiger partial charge in [-0.2, -0.15) is 0 Å². The second-order valence-corrected chi connectivity index (χ2v) is 9.45. The summed E-state index contributed by atoms with van der Waals surface area (Å²) in [6.07, 6.45) is 5.44. The molecule has 2 aromatic carbocycles. The van der Waals surface area contributed by atoms with Gasteiger partial charge >= 0.3 is 0 Å². The molecule has 0 radical (unpaired) electrons. The van der Waals surface area contributed by atoms with Crippen molar-refractivity contribution in [1.29, 1.82) is 0 Å². The molecule has 28 heavy (non-hydrogen) atoms. The first kappa shape index (κ1) is 20.7. The molecule has 5 nitrogen and oxygen atoms in total. The van der Waals surface area contributed by atoms with E-state index in [0.29, 0.717) is 16.3 Å². The van der Waals surface area contributed by atoms with Crippen LogP contribution in [0.25, 0.3) is 0 Å². The molecular weight excluding hydrogens is 396 g/mol. The van der Waals surface area contributed by atoms with E-state index in [1.165, 1.54) is 29.9 Å². The number of rotatable bonds is 4. The van der Waals surface area contributed by atoms with E-state index in [9.17, 15) is 13.2 Å². The smallest absolute Gasteiger partial charge is 0.264 e. The summed E-state index contributed by atoms with van der Waals surface area (Å²) in [7, 11) is -2.32. The Morgan fingerprint density at radius 2 is 1.61 bits per heavy atom. The molecule has 0 bridgehead atoms. The first-order valence-corrected chi connectivity index (χ1v) is 11.4. The van der Waals surface area contributed by atoms with E-state index in [0.717, 1.165) is 38.8 Å². The number of halogens is 1. The van der Waals surface area contributed by atoms with Gasteiger partial charge in [0.05, 0.1) is 10.6 Å². The molecule has 1 amide bonds. The van der Waals surface area contributed by atoms with Gasteiger partial charge in [0.25, 0.3) is 15.9 Å². The highest BCUT2D eigenvalue weighted by Gasteiger charge is 2.24. The predicted octanol–water partition coefficient (Wildman–Crippen LogP) is 4.57. The molecule has 1 heterocycles. The summed E-state index contributed by atoms with van der Waals surface area (Å²) in [6, 6.07) is 12.9. The number of nitrogens with zero attached hydrogens (tertiary/aromatic N) is 2. The van der Waals surface area contributed by atoms with Crippen LogP contribution in [0.4, 0.5) is 5.69 Å². The molecule has 1 aliphatic rings. The zero-order valence-corrected chi connectivity index (χ0v) is 17.5. The summed E-state index contributed by atoms with van der Waals surface area (Å²) < 4.78 is 27.3. The van der Waals surface area contributed by atoms with Crippen LogP contribution in [0.2, 0.25) is 5.02 Å². The van der Waals surface area contributed by atoms with Gasteiger partial charge in [-0.15, -0.1) is 0 Å². The van der Waals surface area contributed by atoms with Crippen molar-refractivity contribution in [1.82, 2.24) is 4.90 Å². The van der Waals surface area contributed by atoms with Crippen LogP contribution in [0.3, 0.4) is 0 Å². The van der Waals surface area contributed by atoms with Gasteiger partial charge in [-0.25, -0.2) is 8.42 Å². The van der Waals surface area contributed by atoms with Crippen LogP contribution in [0.15, 0.2) is 53.4 Å². The predicted molar refractivity (Wildman–Crippen MR) is 112 cm³/mol. The Balaban J connectivity index is 1.86. The number of carbonyl (C=O) groups is 1. The third-order valence-corrected chi connectivity index (χ3v) is 7.07. The molecular formula is C21H25ClN2O3S. The van der Waals surface area contributed by atoms with Crippen molar-refractivity contribution in [3.8, 4) is 0 Å². The van der Waals surface area contributed by atoms with E-state index in [2.05, 4.69) is 0 Å². The van der Waals surface area contributed by atoms with E-state index < -0.39 is 10.0 Å². The fourth-order valence-corrected chi connectivity index (χ4v) is 4.81. The third-order valence-electron chi connectivity index (χ3n) is 5.05. The lowest BCUT2D eigenvalue weighted by Crippen LogP contribution is -2.34. The van der Waals surface area contributed by atoms with Crippen LogP contribution in [0.5, 0.6) is 0 Å². The molecule has 0 aliphatic carbocycles. The van der Waals surface area contributed by atoms with Gasteiger partial charge in [-0.05, 0) is 49.2 Å². The first-order valence-electron chi connectivity index (χ1n) is 9.53. The highest BCUT2D eigenvalue weighted by Crippen LogP contribution is 2.25. The molecule has 0 aromatic heterocycles. The standard InChI is InChI=1S/C21H25ClN2O3S/c1-23(19-11-8-10-18(22)16-19)28(26,27)20-12-7-9-17(15-20)21(25)24-13-5-3-2-4-6-14-24/h7-12,15-16H,2-6,13-14H2,1H3. The maximum absolute atomic E-state index is 13.1. The lowest BCUT2D eigenvalue weighted by atomic mass is 10.1. The van der Waals surface area contributed by atoms with Gasteiger partial charge in [-0.3, -0.25) is 9.10 Å². The van der Waals surface area contributed by atoms with E-state index in [-0.39, 0.29) is 10.8 Å². The molecule has 1 saturated heterocycles. The normalized spacial score (nSPS) is 15.6. The Morgan fingerprint density at radius 3 is 2.29 bits per heavy atom. The summed E-state index contributed by atoms with van der Waals surface area (Å²) in [5.41, 5.74) is 0.870. The summed E-state index contributed by atoms with van der Waals surface area (Å²) >= 11 is 5.99. The highest BCUT2D eigenvalue weighted by molar-refractivity contribution is 7.92. The van der Waals surface area contributed by atoms with Gasteiger partial charge in [-0.1, -0.05) is 43.0 Å². The average molecular weight is 421 g/mol. The monoisotopic (exact) mass is 420 g/mol. The molecule has 0 spiro atoms. The number of hydrogen-bond acceptors (Lipinski definition) is 3. The van der Waals surface area contributed by atoms with Crippen molar-refractivity contribution < 1.29 is 13.2 Å². The average Bonchev–Trinajstić information content (AvgIpc) is 2.67. The molecule has 3 rings (SSSR count). The first-order chi connectivity index (χ1) is 13.4. The largest absolute Gasteiger partial charge is 0.339 e. The summed E-state index contributed by atoms with van der Waals surface area (Å²) in [5.74, 6) is -0.107. The Kier molecular flexibility index (Phi) is 6.62. The third kappa shape index (κ3) is 4.67. The molecule has 1 fully saturated rings. The number of likely N-dealkylation sites (tertiary alicyclic amines) is 1. The molecule has 0 atom stereocenters. The van der Waals surface area contributed by atoms with Crippen LogP contribution in [-0.2, 0) is 10.0 Å². The minimum absolute atomic E-state index is 0.0906. The number of amides is 1. The van der Waals surface area contributed by atoms with E-state index >= 15 is 0 Å². The molecule has 0 N–H and O–H groups in total. The Hall–Kier alpha value is -2.05. The maximum Gasteiger partial charge on any atom is 0.264 e. The molecule has 2 aromatic rings. The summed E-state index contributed by atoms with van der Waals surface area (Å²) in [5, 5.41) is 0.459. The number of hydrogen-bond donors (Lipinski definition) is 0. The quantitative estimate of drug-likeness (QED) is 0.727. The fourth-order valence-electron chi connectivity index (χ4n) is 3.39. The topological polar surface area (TPSA) is 57.7 Å². The maximum atomic E-state index is 13.1. The zero-order valence-electron chi connectivity index (χ0n) is 16.0. The van der Waals surface area contributed by atoms with Gasteiger partial charge < -0.3 is 4.90 Å². The van der Waals surface area contributed by atoms with Crippen molar-refractivity contribution in [3.63, 3.8) is 0 Å². The number of anilines is 1. The molecule has 7 heteroatoms. The molecule has 0 saturated carbocycles. The number of sulfonamides is 1. The van der Waals surface area contributed by atoms with Gasteiger partial charge in [0.2, 0.25) is 0 Å². The van der Waals surface area contributed by atoms with Crippen LogP contribution in [0.1, 0.15) is 42.5 Å². The number of carbonyl (C=O) groups excluding carboxylic acids is 1. The second kappa shape index (κ2) is 8.97. The molecule has 1 aliphatic heterocycles. The van der Waals surface area contributed by atoms with Crippen molar-refractivity contribution in [2.75, 3.05) is 24.4 Å². The fraction of sp³-hybridized carbons (Fsp3) is 0.381. The van der Waals surface area contributed by atoms with Crippen LogP contribution >= 0.6 is 11.6 Å². The summed E-state index contributed by atoms with van der Waals surface area (Å²) in [4.78, 5) is 14.9. The number of benzene rings is 2. The van der Waals surface area contributed by atoms with Crippen LogP contribution in [0, 0.1) is 0 Å². The van der Waals surface area contributed by atoms with Gasteiger partial charge in [0, 0.05) is 30.7 Å². The minimum Gasteiger partial charge on any atom is -0.339 e. The van der Waals surface area contributed by atoms with Gasteiger partial charge in [0.15, 0.2) is 0 Å². The minimum atomic E-state index is -3.80. The van der Waals surface area contributed by atoms with E-state index in [1.54, 1.807) is 36.4 Å². The Labute approximate surface area is 172 Å². The second-order valence-electron chi connectivity index (χ2n) is 7.04. The van der Waals surface area contributed by atoms with Crippen molar-refractivity contribution in [3.05, 3.63) is 59.1 Å². The Morgan fingerprint density at radius 1 is 0.964 bits per heavy atom. The van der Waals surface area contributed by atoms with Crippen molar-refractivity contribution in [2.24, 2.45) is 0 Å². The van der Waals surface area contributed by atoms with Crippen LogP contribution < -0.4 is 4.31 Å². The summed E-state index contributed by atoms with van der Waals surface area (Å²) in [6.45, 7) is 1.44. The highest BCUT2D eigenvalue weighted by atomic mass is 35.5. The lowest BCUT2D eigenvalue weighted by Gasteiger charge is -2.25. The lowest BCUT2D eigenvalue weighted by molar-refractivity contribution is 0.0742. The van der Waals surface area contributed by atoms with Crippen molar-refractivity contribution in [2.45, 2.75) is 37.0 Å². The zero-order chi connectivity index (χ0) is 20.1. The SMILES string of the molecule is CN(c1cccc(Cl)c1)S(=O)(=O)c1cccc(C(=O)N2CCCCCCC2)c1. The van der Waals surface area contributed by atoms with E-state index in [4.69, 9.17) is 11.6 Å². The molecule has 150 valence electrons. The van der Waals surface area contributed by atoms with Crippen LogP contribution in [-0.4, -0.2) is 39.4 Å². The Bertz CT molecular complexity index is 938. The molecule has 0 unspecified atom stereocenters. The van der Waals surface area contributed by atoms with Gasteiger partial charge in [0.1, 0.15) is 0 Å².